The fourth-order valence-corrected chi connectivity index (χ4v) is 2.98. The van der Waals surface area contributed by atoms with Crippen LogP contribution in [0.2, 0.25) is 0 Å². The molecule has 1 N–H and O–H groups in total. The van der Waals surface area contributed by atoms with Crippen LogP contribution in [0.3, 0.4) is 0 Å². The Bertz CT molecular complexity index is 411. The Kier molecular flexibility index (Phi) is 25.1. The van der Waals surface area contributed by atoms with Gasteiger partial charge in [-0.05, 0) is 13.3 Å². The van der Waals surface area contributed by atoms with Crippen molar-refractivity contribution < 1.29 is 29.2 Å². The van der Waals surface area contributed by atoms with E-state index in [2.05, 4.69) is 18.0 Å². The zero-order valence-corrected chi connectivity index (χ0v) is 14.1. The minimum absolute atomic E-state index is 0. The van der Waals surface area contributed by atoms with Crippen LogP contribution in [0.15, 0.2) is 25.0 Å². The molecule has 0 heterocycles. The fraction of sp³-hybridized carbons (Fsp3) is 0.684. The van der Waals surface area contributed by atoms with Crippen LogP contribution in [-0.4, -0.2) is 42.4 Å². The van der Waals surface area contributed by atoms with Gasteiger partial charge in [-0.2, -0.15) is 11.8 Å². The van der Waals surface area contributed by atoms with Crippen molar-refractivity contribution in [3.63, 3.8) is 0 Å². The maximum absolute atomic E-state index is 12.0. The smallest absolute Gasteiger partial charge is 0.312 e. The Labute approximate surface area is 164 Å². The van der Waals surface area contributed by atoms with E-state index >= 15 is 0 Å². The number of carbonyl (C=O) groups is 2. The summed E-state index contributed by atoms with van der Waals surface area (Å²) in [5.41, 5.74) is -0.859. The summed E-state index contributed by atoms with van der Waals surface area (Å²) in [7, 11) is 1.31. The Morgan fingerprint density at radius 2 is 1.81 bits per heavy atom. The van der Waals surface area contributed by atoms with E-state index in [1.807, 2.05) is 0 Å². The highest BCUT2D eigenvalue weighted by Crippen LogP contribution is 2.32. The number of carbonyl (C=O) groups excluding carboxylic acids is 2. The molecule has 0 radical (unpaired) electrons. The Morgan fingerprint density at radius 1 is 1.27 bits per heavy atom. The second-order valence-electron chi connectivity index (χ2n) is 5.20. The van der Waals surface area contributed by atoms with Crippen molar-refractivity contribution in [2.24, 2.45) is 11.3 Å². The number of hydrogen-bond donors (Lipinski definition) is 1. The largest absolute Gasteiger partial charge is 0.469 e. The van der Waals surface area contributed by atoms with Crippen LogP contribution < -0.4 is 0 Å². The molecule has 7 heteroatoms. The highest BCUT2D eigenvalue weighted by Gasteiger charge is 2.38. The molecule has 2 unspecified atom stereocenters. The lowest BCUT2D eigenvalue weighted by molar-refractivity contribution is -0.201. The van der Waals surface area contributed by atoms with Crippen molar-refractivity contribution in [3.05, 3.63) is 25.0 Å². The van der Waals surface area contributed by atoms with Gasteiger partial charge < -0.3 is 14.4 Å². The average Bonchev–Trinajstić information content (AvgIpc) is 2.51. The summed E-state index contributed by atoms with van der Waals surface area (Å²) in [6.45, 7) is 10.5. The van der Waals surface area contributed by atoms with Gasteiger partial charge in [0.2, 0.25) is 0 Å². The number of methoxy groups -OCH3 is 1. The van der Waals surface area contributed by atoms with Crippen LogP contribution in [-0.2, 0) is 24.0 Å². The van der Waals surface area contributed by atoms with Crippen molar-refractivity contribution in [1.29, 1.82) is 0 Å². The van der Waals surface area contributed by atoms with Gasteiger partial charge in [0.1, 0.15) is 12.4 Å². The highest BCUT2D eigenvalue weighted by molar-refractivity contribution is 7.99. The molecule has 6 nitrogen and oxygen atoms in total. The summed E-state index contributed by atoms with van der Waals surface area (Å²) in [5, 5.41) is 8.45. The number of rotatable bonds is 11. The molecule has 0 spiro atoms. The van der Waals surface area contributed by atoms with E-state index in [9.17, 15) is 9.59 Å². The van der Waals surface area contributed by atoms with Crippen molar-refractivity contribution >= 4 is 23.7 Å². The minimum atomic E-state index is -0.859. The molecule has 0 aliphatic rings. The van der Waals surface area contributed by atoms with Gasteiger partial charge in [-0.15, -0.1) is 0 Å². The van der Waals surface area contributed by atoms with Gasteiger partial charge in [0, 0.05) is 5.75 Å². The first-order valence-electron chi connectivity index (χ1n) is 6.73. The van der Waals surface area contributed by atoms with Gasteiger partial charge in [0.25, 0.3) is 0 Å². The molecule has 0 aromatic rings. The molecule has 2 atom stereocenters. The lowest BCUT2D eigenvalue weighted by Gasteiger charge is -2.28. The molecule has 26 heavy (non-hydrogen) atoms. The van der Waals surface area contributed by atoms with Gasteiger partial charge in [0.05, 0.1) is 24.2 Å². The Hall–Kier alpha value is -1.47. The zero-order valence-electron chi connectivity index (χ0n) is 13.3. The molecule has 0 aliphatic heterocycles. The van der Waals surface area contributed by atoms with Gasteiger partial charge >= 0.3 is 11.9 Å². The van der Waals surface area contributed by atoms with Gasteiger partial charge in [-0.1, -0.05) is 55.9 Å². The van der Waals surface area contributed by atoms with Gasteiger partial charge in [0.15, 0.2) is 0 Å². The standard InChI is InChI=1S/C15H24O6S.4CH4/c1-6-7-20-13(16)11(2)8-15(4,14(17)19-5)10-22-9-12(3)21-18;;;;/h6,11,18H,1,3,7-10H2,2,4-5H3;4*1H4. The molecule has 0 fully saturated rings. The van der Waals surface area contributed by atoms with Crippen molar-refractivity contribution in [1.82, 2.24) is 0 Å². The van der Waals surface area contributed by atoms with E-state index in [1.165, 1.54) is 24.9 Å². The molecule has 0 bridgehead atoms. The average molecular weight is 397 g/mol. The van der Waals surface area contributed by atoms with E-state index in [-0.39, 0.29) is 54.5 Å². The number of ether oxygens (including phenoxy) is 2. The third-order valence-electron chi connectivity index (χ3n) is 2.99. The van der Waals surface area contributed by atoms with Crippen LogP contribution in [0.5, 0.6) is 0 Å². The van der Waals surface area contributed by atoms with Gasteiger partial charge in [-0.3, -0.25) is 9.59 Å². The lowest BCUT2D eigenvalue weighted by atomic mass is 9.83. The Morgan fingerprint density at radius 3 is 2.23 bits per heavy atom. The summed E-state index contributed by atoms with van der Waals surface area (Å²) in [4.78, 5) is 27.9. The topological polar surface area (TPSA) is 82.1 Å². The number of thioether (sulfide) groups is 1. The normalized spacial score (nSPS) is 12.2. The summed E-state index contributed by atoms with van der Waals surface area (Å²) >= 11 is 1.35. The Balaban J connectivity index is -0.000000367. The zero-order chi connectivity index (χ0) is 17.2. The molecular weight excluding hydrogens is 356 g/mol. The molecule has 0 saturated heterocycles. The van der Waals surface area contributed by atoms with E-state index in [0.29, 0.717) is 11.5 Å². The van der Waals surface area contributed by atoms with Gasteiger partial charge in [-0.25, -0.2) is 5.26 Å². The summed E-state index contributed by atoms with van der Waals surface area (Å²) in [6.07, 6.45) is 1.77. The second kappa shape index (κ2) is 18.3. The number of hydrogen-bond acceptors (Lipinski definition) is 7. The molecule has 0 aliphatic carbocycles. The molecule has 158 valence electrons. The first-order chi connectivity index (χ1) is 10.3. The van der Waals surface area contributed by atoms with Crippen LogP contribution >= 0.6 is 11.8 Å². The second-order valence-corrected chi connectivity index (χ2v) is 6.18. The molecule has 0 saturated carbocycles. The third-order valence-corrected chi connectivity index (χ3v) is 4.36. The van der Waals surface area contributed by atoms with Crippen molar-refractivity contribution in [2.75, 3.05) is 25.2 Å². The molecule has 0 rings (SSSR count). The predicted molar refractivity (Wildman–Crippen MR) is 112 cm³/mol. The minimum Gasteiger partial charge on any atom is -0.469 e. The highest BCUT2D eigenvalue weighted by atomic mass is 32.2. The summed E-state index contributed by atoms with van der Waals surface area (Å²) in [5.74, 6) is -0.334. The predicted octanol–water partition coefficient (Wildman–Crippen LogP) is 5.20. The first kappa shape index (κ1) is 35.6. The molecule has 0 aromatic heterocycles. The SMILES string of the molecule is C.C.C.C.C=CCOC(=O)C(C)CC(C)(CSCC(=C)OO)C(=O)OC. The molecule has 0 aromatic carbocycles. The fourth-order valence-electron chi connectivity index (χ4n) is 1.91. The van der Waals surface area contributed by atoms with E-state index in [4.69, 9.17) is 14.7 Å². The number of esters is 2. The van der Waals surface area contributed by atoms with Crippen LogP contribution in [0.4, 0.5) is 0 Å². The third kappa shape index (κ3) is 12.8. The quantitative estimate of drug-likeness (QED) is 0.169. The van der Waals surface area contributed by atoms with E-state index in [1.54, 1.807) is 13.8 Å². The van der Waals surface area contributed by atoms with E-state index < -0.39 is 17.3 Å². The summed E-state index contributed by atoms with van der Waals surface area (Å²) in [6, 6.07) is 0. The molecule has 0 amide bonds. The maximum Gasteiger partial charge on any atom is 0.312 e. The van der Waals surface area contributed by atoms with Crippen LogP contribution in [0.1, 0.15) is 50.0 Å². The first-order valence-corrected chi connectivity index (χ1v) is 7.89. The maximum atomic E-state index is 12.0. The molecular formula is C19H40O6S. The van der Waals surface area contributed by atoms with Crippen molar-refractivity contribution in [3.8, 4) is 0 Å². The lowest BCUT2D eigenvalue weighted by Crippen LogP contribution is -2.35. The van der Waals surface area contributed by atoms with E-state index in [0.717, 1.165) is 0 Å². The van der Waals surface area contributed by atoms with Crippen LogP contribution in [0.25, 0.3) is 0 Å². The van der Waals surface area contributed by atoms with Crippen LogP contribution in [0, 0.1) is 11.3 Å². The monoisotopic (exact) mass is 396 g/mol. The summed E-state index contributed by atoms with van der Waals surface area (Å²) < 4.78 is 9.83. The van der Waals surface area contributed by atoms with Crippen molar-refractivity contribution in [2.45, 2.75) is 50.0 Å².